The lowest BCUT2D eigenvalue weighted by Gasteiger charge is -2.30. The number of aromatic nitrogens is 1. The number of phenolic OH excluding ortho intramolecular Hbond substituents is 1. The average molecular weight is 1100 g/mol. The summed E-state index contributed by atoms with van der Waals surface area (Å²) in [6.07, 6.45) is 4.02. The number of nitrogens with one attached hydrogen (secondary N) is 8. The lowest BCUT2D eigenvalue weighted by atomic mass is 10.0. The molecule has 2 fully saturated rings. The zero-order chi connectivity index (χ0) is 55.5. The minimum absolute atomic E-state index is 0. The van der Waals surface area contributed by atoms with Crippen LogP contribution in [-0.4, -0.2) is 172 Å². The molecule has 3 aromatic rings. The molecule has 2 saturated heterocycles. The SMILES string of the molecule is CC(C)C[C@H](NC(=O)CNC(=O)[C@H](Cc1ccc(O)cc1)NC(=O)[C@H](CO)NC(=O)[C@H](Cc1c[nH]c2ccccc12)NC(=O)[C@@H]1CCCN1C=O)C(=O)N[C@@H](CCCN=C(N)N)C(=O)N1CCC[C@H]1C(=O)NCC(N)=O.Cl. The van der Waals surface area contributed by atoms with Crippen LogP contribution in [0.25, 0.3) is 10.9 Å². The molecule has 0 aliphatic carbocycles. The summed E-state index contributed by atoms with van der Waals surface area (Å²) < 4.78 is 0. The fourth-order valence-electron chi connectivity index (χ4n) is 9.08. The van der Waals surface area contributed by atoms with Crippen molar-refractivity contribution in [1.29, 1.82) is 0 Å². The summed E-state index contributed by atoms with van der Waals surface area (Å²) in [5.41, 5.74) is 18.0. The van der Waals surface area contributed by atoms with Crippen LogP contribution in [0, 0.1) is 5.92 Å². The smallest absolute Gasteiger partial charge is 0.245 e. The third-order valence-electron chi connectivity index (χ3n) is 12.9. The van der Waals surface area contributed by atoms with E-state index in [0.29, 0.717) is 49.8 Å². The van der Waals surface area contributed by atoms with Gasteiger partial charge >= 0.3 is 0 Å². The Bertz CT molecular complexity index is 2590. The number of guanidine groups is 1. The first kappa shape index (κ1) is 61.5. The molecular formula is C50H71ClN14O12. The Hall–Kier alpha value is -8.00. The molecule has 0 spiro atoms. The number of aliphatic hydroxyl groups excluding tert-OH is 1. The van der Waals surface area contributed by atoms with Crippen LogP contribution >= 0.6 is 12.4 Å². The van der Waals surface area contributed by atoms with Crippen molar-refractivity contribution in [3.05, 3.63) is 65.9 Å². The summed E-state index contributed by atoms with van der Waals surface area (Å²) in [7, 11) is 0. The third-order valence-corrected chi connectivity index (χ3v) is 12.9. The van der Waals surface area contributed by atoms with E-state index in [1.807, 2.05) is 18.2 Å². The standard InChI is InChI=1S/C50H70N14O12.ClH/c1-28(2)20-35(44(71)59-34(10-5-17-54-50(52)53)49(76)64-19-7-12-40(64)47(74)56-24-41(51)68)58-42(69)25-57-43(70)36(21-29-13-15-31(67)16-14-29)60-46(73)38(26-65)62-45(72)37(61-48(75)39-11-6-18-63(39)27-66)22-30-23-55-33-9-4-3-8-32(30)33;/h3-4,8-9,13-16,23,27-28,34-40,55,65,67H,5-7,10-12,17-22,24-26H2,1-2H3,(H2,51,68)(H,56,74)(H,57,70)(H,58,69)(H,59,71)(H,60,73)(H,61,75)(H,62,72)(H4,52,53,54);1H/t34-,35-,36-,37-,38-,39-,40-;/m0./s1. The zero-order valence-corrected chi connectivity index (χ0v) is 43.8. The molecule has 2 aliphatic heterocycles. The first-order valence-corrected chi connectivity index (χ1v) is 25.1. The number of primary amides is 1. The predicted octanol–water partition coefficient (Wildman–Crippen LogP) is -3.07. The van der Waals surface area contributed by atoms with Gasteiger partial charge in [-0.25, -0.2) is 0 Å². The number of phenols is 1. The van der Waals surface area contributed by atoms with Gasteiger partial charge in [0.15, 0.2) is 5.96 Å². The maximum atomic E-state index is 14.1. The van der Waals surface area contributed by atoms with E-state index in [0.717, 1.165) is 10.9 Å². The van der Waals surface area contributed by atoms with Crippen LogP contribution in [0.2, 0.25) is 0 Å². The molecule has 27 heteroatoms. The highest BCUT2D eigenvalue weighted by Crippen LogP contribution is 2.22. The molecule has 26 nitrogen and oxygen atoms in total. The van der Waals surface area contributed by atoms with Gasteiger partial charge in [-0.3, -0.25) is 52.9 Å². The lowest BCUT2D eigenvalue weighted by molar-refractivity contribution is -0.142. The quantitative estimate of drug-likeness (QED) is 0.0149. The summed E-state index contributed by atoms with van der Waals surface area (Å²) in [5, 5.41) is 39.1. The number of rotatable bonds is 28. The molecule has 10 amide bonds. The van der Waals surface area contributed by atoms with E-state index in [2.05, 4.69) is 47.2 Å². The van der Waals surface area contributed by atoms with Crippen LogP contribution in [0.5, 0.6) is 5.75 Å². The number of halogens is 1. The van der Waals surface area contributed by atoms with Gasteiger partial charge in [0.2, 0.25) is 59.6 Å². The fraction of sp³-hybridized carbons (Fsp3) is 0.500. The van der Waals surface area contributed by atoms with Crippen LogP contribution in [0.1, 0.15) is 69.9 Å². The number of hydrogen-bond donors (Lipinski definition) is 13. The largest absolute Gasteiger partial charge is 0.508 e. The molecule has 5 rings (SSSR count). The number of hydrogen-bond acceptors (Lipinski definition) is 13. The van der Waals surface area contributed by atoms with Crippen molar-refractivity contribution in [2.24, 2.45) is 28.1 Å². The molecule has 0 unspecified atom stereocenters. The predicted molar refractivity (Wildman–Crippen MR) is 283 cm³/mol. The molecule has 0 bridgehead atoms. The molecule has 1 aromatic heterocycles. The van der Waals surface area contributed by atoms with Crippen LogP contribution < -0.4 is 54.4 Å². The number of fused-ring (bicyclic) bond motifs is 1. The second-order valence-electron chi connectivity index (χ2n) is 19.2. The molecule has 420 valence electrons. The average Bonchev–Trinajstić information content (AvgIpc) is 4.18. The van der Waals surface area contributed by atoms with Crippen molar-refractivity contribution in [3.63, 3.8) is 0 Å². The van der Waals surface area contributed by atoms with Gasteiger partial charge < -0.3 is 79.4 Å². The van der Waals surface area contributed by atoms with Crippen molar-refractivity contribution in [2.45, 2.75) is 114 Å². The van der Waals surface area contributed by atoms with Crippen LogP contribution in [0.3, 0.4) is 0 Å². The molecule has 2 aliphatic rings. The van der Waals surface area contributed by atoms with Crippen molar-refractivity contribution < 1.29 is 58.2 Å². The normalized spacial score (nSPS) is 16.8. The number of amides is 10. The highest BCUT2D eigenvalue weighted by Gasteiger charge is 2.39. The molecule has 0 radical (unpaired) electrons. The molecule has 77 heavy (non-hydrogen) atoms. The molecule has 0 saturated carbocycles. The van der Waals surface area contributed by atoms with E-state index in [1.54, 1.807) is 26.1 Å². The van der Waals surface area contributed by atoms with Gasteiger partial charge in [0.05, 0.1) is 19.7 Å². The maximum Gasteiger partial charge on any atom is 0.245 e. The number of nitrogens with two attached hydrogens (primary N) is 3. The van der Waals surface area contributed by atoms with Crippen LogP contribution in [0.4, 0.5) is 0 Å². The van der Waals surface area contributed by atoms with E-state index in [-0.39, 0.29) is 75.2 Å². The summed E-state index contributed by atoms with van der Waals surface area (Å²) in [6, 6.07) is 4.33. The van der Waals surface area contributed by atoms with E-state index in [4.69, 9.17) is 17.2 Å². The summed E-state index contributed by atoms with van der Waals surface area (Å²) >= 11 is 0. The number of carbonyl (C=O) groups excluding carboxylic acids is 10. The van der Waals surface area contributed by atoms with E-state index in [9.17, 15) is 58.2 Å². The van der Waals surface area contributed by atoms with Gasteiger partial charge in [-0.05, 0) is 80.2 Å². The van der Waals surface area contributed by atoms with E-state index in [1.165, 1.54) is 34.1 Å². The second kappa shape index (κ2) is 29.9. The number of aliphatic hydroxyl groups is 1. The Labute approximate surface area is 450 Å². The molecule has 2 aromatic carbocycles. The van der Waals surface area contributed by atoms with Gasteiger partial charge in [0.1, 0.15) is 48.0 Å². The summed E-state index contributed by atoms with van der Waals surface area (Å²) in [4.78, 5) is 143. The Balaban J connectivity index is 0.0000128. The number of H-pyrrole nitrogens is 1. The third kappa shape index (κ3) is 18.4. The number of para-hydroxylation sites is 1. The van der Waals surface area contributed by atoms with Gasteiger partial charge in [-0.15, -0.1) is 12.4 Å². The van der Waals surface area contributed by atoms with Gasteiger partial charge in [-0.1, -0.05) is 44.2 Å². The van der Waals surface area contributed by atoms with Crippen molar-refractivity contribution >= 4 is 88.8 Å². The van der Waals surface area contributed by atoms with Crippen molar-refractivity contribution in [2.75, 3.05) is 39.3 Å². The topological polar surface area (TPSA) is 408 Å². The van der Waals surface area contributed by atoms with Gasteiger partial charge in [-0.2, -0.15) is 0 Å². The highest BCUT2D eigenvalue weighted by atomic mass is 35.5. The Morgan fingerprint density at radius 2 is 1.38 bits per heavy atom. The van der Waals surface area contributed by atoms with Gasteiger partial charge in [0.25, 0.3) is 0 Å². The number of aromatic amines is 1. The number of nitrogens with zero attached hydrogens (tertiary/aromatic N) is 3. The number of benzene rings is 2. The fourth-order valence-corrected chi connectivity index (χ4v) is 9.08. The van der Waals surface area contributed by atoms with Crippen LogP contribution in [0.15, 0.2) is 59.7 Å². The second-order valence-corrected chi connectivity index (χ2v) is 19.2. The minimum atomic E-state index is -1.67. The van der Waals surface area contributed by atoms with Crippen LogP contribution in [-0.2, 0) is 60.8 Å². The first-order chi connectivity index (χ1) is 36.3. The number of likely N-dealkylation sites (tertiary alicyclic amines) is 2. The summed E-state index contributed by atoms with van der Waals surface area (Å²) in [5.74, 6) is -7.33. The Kier molecular flexibility index (Phi) is 23.9. The highest BCUT2D eigenvalue weighted by molar-refractivity contribution is 5.98. The number of carbonyl (C=O) groups is 10. The lowest BCUT2D eigenvalue weighted by Crippen LogP contribution is -2.60. The number of aromatic hydroxyl groups is 1. The van der Waals surface area contributed by atoms with Crippen molar-refractivity contribution in [1.82, 2.24) is 52.0 Å². The van der Waals surface area contributed by atoms with E-state index >= 15 is 0 Å². The summed E-state index contributed by atoms with van der Waals surface area (Å²) in [6.45, 7) is 2.14. The molecule has 7 atom stereocenters. The number of aliphatic imine (C=N–C) groups is 1. The van der Waals surface area contributed by atoms with Gasteiger partial charge in [0, 0.05) is 49.6 Å². The van der Waals surface area contributed by atoms with E-state index < -0.39 is 115 Å². The first-order valence-electron chi connectivity index (χ1n) is 25.1. The molecular weight excluding hydrogens is 1020 g/mol. The van der Waals surface area contributed by atoms with Crippen molar-refractivity contribution in [3.8, 4) is 5.75 Å². The molecule has 16 N–H and O–H groups in total. The monoisotopic (exact) mass is 1090 g/mol. The minimum Gasteiger partial charge on any atom is -0.508 e. The zero-order valence-electron chi connectivity index (χ0n) is 43.0. The maximum absolute atomic E-state index is 14.1. The molecule has 3 heterocycles. The Morgan fingerprint density at radius 1 is 0.740 bits per heavy atom. The Morgan fingerprint density at radius 3 is 2.05 bits per heavy atom.